The SMILES string of the molecule is CC(Oc1ccccc1)C(=O)N1CCC(Oc2nc3c(Cl)cccc3s2)CC1. The maximum absolute atomic E-state index is 12.7. The Morgan fingerprint density at radius 1 is 1.18 bits per heavy atom. The number of piperidine rings is 1. The van der Waals surface area contributed by atoms with Crippen LogP contribution in [-0.4, -0.2) is 41.1 Å². The van der Waals surface area contributed by atoms with Gasteiger partial charge in [0.25, 0.3) is 11.1 Å². The summed E-state index contributed by atoms with van der Waals surface area (Å²) >= 11 is 7.69. The van der Waals surface area contributed by atoms with Crippen molar-refractivity contribution in [1.29, 1.82) is 0 Å². The maximum atomic E-state index is 12.7. The minimum Gasteiger partial charge on any atom is -0.481 e. The Labute approximate surface area is 172 Å². The molecular formula is C21H21ClN2O3S. The topological polar surface area (TPSA) is 51.7 Å². The van der Waals surface area contributed by atoms with E-state index in [4.69, 9.17) is 21.1 Å². The van der Waals surface area contributed by atoms with E-state index in [1.54, 1.807) is 6.92 Å². The van der Waals surface area contributed by atoms with Gasteiger partial charge < -0.3 is 14.4 Å². The van der Waals surface area contributed by atoms with Gasteiger partial charge in [-0.3, -0.25) is 4.79 Å². The molecule has 2 heterocycles. The van der Waals surface area contributed by atoms with Gasteiger partial charge in [0.2, 0.25) is 0 Å². The Kier molecular flexibility index (Phi) is 5.69. The van der Waals surface area contributed by atoms with Crippen LogP contribution < -0.4 is 9.47 Å². The van der Waals surface area contributed by atoms with E-state index >= 15 is 0 Å². The first-order chi connectivity index (χ1) is 13.6. The quantitative estimate of drug-likeness (QED) is 0.600. The summed E-state index contributed by atoms with van der Waals surface area (Å²) in [7, 11) is 0. The molecule has 1 aliphatic rings. The normalized spacial score (nSPS) is 16.1. The van der Waals surface area contributed by atoms with E-state index < -0.39 is 6.10 Å². The molecule has 146 valence electrons. The third-order valence-corrected chi connectivity index (χ3v) is 5.99. The Bertz CT molecular complexity index is 955. The molecule has 3 aromatic rings. The third-order valence-electron chi connectivity index (χ3n) is 4.78. The number of likely N-dealkylation sites (tertiary alicyclic amines) is 1. The molecule has 0 bridgehead atoms. The van der Waals surface area contributed by atoms with Crippen molar-refractivity contribution in [2.75, 3.05) is 13.1 Å². The van der Waals surface area contributed by atoms with Crippen LogP contribution in [0, 0.1) is 0 Å². The summed E-state index contributed by atoms with van der Waals surface area (Å²) in [6.07, 6.45) is 1.08. The molecule has 4 rings (SSSR count). The lowest BCUT2D eigenvalue weighted by atomic mass is 10.1. The monoisotopic (exact) mass is 416 g/mol. The molecule has 1 atom stereocenters. The predicted octanol–water partition coefficient (Wildman–Crippen LogP) is 4.79. The lowest BCUT2D eigenvalue weighted by molar-refractivity contribution is -0.139. The minimum atomic E-state index is -0.508. The molecule has 28 heavy (non-hydrogen) atoms. The van der Waals surface area contributed by atoms with Crippen LogP contribution in [0.1, 0.15) is 19.8 Å². The fraction of sp³-hybridized carbons (Fsp3) is 0.333. The van der Waals surface area contributed by atoms with Crippen LogP contribution in [0.15, 0.2) is 48.5 Å². The molecular weight excluding hydrogens is 396 g/mol. The average Bonchev–Trinajstić information content (AvgIpc) is 3.13. The van der Waals surface area contributed by atoms with Gasteiger partial charge in [-0.2, -0.15) is 0 Å². The molecule has 0 saturated carbocycles. The molecule has 0 N–H and O–H groups in total. The molecule has 0 radical (unpaired) electrons. The highest BCUT2D eigenvalue weighted by Gasteiger charge is 2.28. The summed E-state index contributed by atoms with van der Waals surface area (Å²) in [6, 6.07) is 15.1. The van der Waals surface area contributed by atoms with Gasteiger partial charge in [-0.1, -0.05) is 47.2 Å². The number of nitrogens with zero attached hydrogens (tertiary/aromatic N) is 2. The lowest BCUT2D eigenvalue weighted by Gasteiger charge is -2.33. The number of carbonyl (C=O) groups excluding carboxylic acids is 1. The van der Waals surface area contributed by atoms with E-state index in [9.17, 15) is 4.79 Å². The summed E-state index contributed by atoms with van der Waals surface area (Å²) < 4.78 is 12.8. The van der Waals surface area contributed by atoms with Gasteiger partial charge in [0, 0.05) is 25.9 Å². The van der Waals surface area contributed by atoms with Crippen molar-refractivity contribution in [3.63, 3.8) is 0 Å². The van der Waals surface area contributed by atoms with E-state index in [0.717, 1.165) is 23.1 Å². The maximum Gasteiger partial charge on any atom is 0.274 e. The number of hydrogen-bond donors (Lipinski definition) is 0. The van der Waals surface area contributed by atoms with Crippen molar-refractivity contribution < 1.29 is 14.3 Å². The van der Waals surface area contributed by atoms with Gasteiger partial charge in [0.15, 0.2) is 6.10 Å². The Hall–Kier alpha value is -2.31. The number of rotatable bonds is 5. The first-order valence-electron chi connectivity index (χ1n) is 9.32. The molecule has 0 aliphatic carbocycles. The number of aromatic nitrogens is 1. The van der Waals surface area contributed by atoms with Crippen molar-refractivity contribution in [1.82, 2.24) is 9.88 Å². The first kappa shape index (κ1) is 19.0. The summed E-state index contributed by atoms with van der Waals surface area (Å²) in [5, 5.41) is 1.27. The molecule has 1 unspecified atom stereocenters. The van der Waals surface area contributed by atoms with E-state index in [1.807, 2.05) is 53.4 Å². The van der Waals surface area contributed by atoms with Crippen LogP contribution in [0.2, 0.25) is 5.02 Å². The Morgan fingerprint density at radius 2 is 1.93 bits per heavy atom. The lowest BCUT2D eigenvalue weighted by Crippen LogP contribution is -2.46. The largest absolute Gasteiger partial charge is 0.481 e. The number of benzene rings is 2. The number of para-hydroxylation sites is 2. The Balaban J connectivity index is 1.31. The molecule has 1 aromatic heterocycles. The zero-order valence-electron chi connectivity index (χ0n) is 15.5. The highest BCUT2D eigenvalue weighted by molar-refractivity contribution is 7.20. The standard InChI is InChI=1S/C21H21ClN2O3S/c1-14(26-15-6-3-2-4-7-15)20(25)24-12-10-16(11-13-24)27-21-23-19-17(22)8-5-9-18(19)28-21/h2-9,14,16H,10-13H2,1H3. The molecule has 1 aliphatic heterocycles. The van der Waals surface area contributed by atoms with Gasteiger partial charge in [-0.05, 0) is 31.2 Å². The van der Waals surface area contributed by atoms with Crippen LogP contribution in [0.3, 0.4) is 0 Å². The number of carbonyl (C=O) groups is 1. The van der Waals surface area contributed by atoms with Gasteiger partial charge in [-0.25, -0.2) is 4.98 Å². The second-order valence-electron chi connectivity index (χ2n) is 6.78. The zero-order chi connectivity index (χ0) is 19.5. The summed E-state index contributed by atoms with van der Waals surface area (Å²) in [6.45, 7) is 3.10. The van der Waals surface area contributed by atoms with E-state index in [0.29, 0.717) is 29.1 Å². The fourth-order valence-electron chi connectivity index (χ4n) is 3.29. The number of fused-ring (bicyclic) bond motifs is 1. The van der Waals surface area contributed by atoms with Gasteiger partial charge >= 0.3 is 0 Å². The molecule has 1 fully saturated rings. The number of thiazole rings is 1. The smallest absolute Gasteiger partial charge is 0.274 e. The summed E-state index contributed by atoms with van der Waals surface area (Å²) in [4.78, 5) is 19.0. The van der Waals surface area contributed by atoms with E-state index in [1.165, 1.54) is 11.3 Å². The second-order valence-corrected chi connectivity index (χ2v) is 8.18. The van der Waals surface area contributed by atoms with Crippen LogP contribution in [0.4, 0.5) is 0 Å². The van der Waals surface area contributed by atoms with E-state index in [2.05, 4.69) is 4.98 Å². The van der Waals surface area contributed by atoms with E-state index in [-0.39, 0.29) is 12.0 Å². The highest BCUT2D eigenvalue weighted by Crippen LogP contribution is 2.33. The van der Waals surface area contributed by atoms with Crippen LogP contribution >= 0.6 is 22.9 Å². The number of hydrogen-bond acceptors (Lipinski definition) is 5. The molecule has 5 nitrogen and oxygen atoms in total. The van der Waals surface area contributed by atoms with Gasteiger partial charge in [0.1, 0.15) is 17.4 Å². The highest BCUT2D eigenvalue weighted by atomic mass is 35.5. The van der Waals surface area contributed by atoms with Crippen molar-refractivity contribution >= 4 is 39.1 Å². The number of ether oxygens (including phenoxy) is 2. The number of halogens is 1. The third kappa shape index (κ3) is 4.23. The predicted molar refractivity (Wildman–Crippen MR) is 111 cm³/mol. The minimum absolute atomic E-state index is 0.00840. The second kappa shape index (κ2) is 8.37. The molecule has 2 aromatic carbocycles. The van der Waals surface area contributed by atoms with Crippen molar-refractivity contribution in [2.45, 2.75) is 32.0 Å². The summed E-state index contributed by atoms with van der Waals surface area (Å²) in [5.74, 6) is 0.713. The summed E-state index contributed by atoms with van der Waals surface area (Å²) in [5.41, 5.74) is 0.781. The average molecular weight is 417 g/mol. The van der Waals surface area contributed by atoms with Crippen LogP contribution in [0.5, 0.6) is 10.9 Å². The molecule has 1 saturated heterocycles. The Morgan fingerprint density at radius 3 is 2.64 bits per heavy atom. The molecule has 1 amide bonds. The molecule has 7 heteroatoms. The van der Waals surface area contributed by atoms with Gasteiger partial charge in [0.05, 0.1) is 9.72 Å². The fourth-order valence-corrected chi connectivity index (χ4v) is 4.47. The van der Waals surface area contributed by atoms with Crippen LogP contribution in [-0.2, 0) is 4.79 Å². The van der Waals surface area contributed by atoms with Crippen molar-refractivity contribution in [2.24, 2.45) is 0 Å². The van der Waals surface area contributed by atoms with Crippen LogP contribution in [0.25, 0.3) is 10.2 Å². The molecule has 0 spiro atoms. The van der Waals surface area contributed by atoms with Gasteiger partial charge in [-0.15, -0.1) is 0 Å². The van der Waals surface area contributed by atoms with Crippen molar-refractivity contribution in [3.05, 3.63) is 53.6 Å². The zero-order valence-corrected chi connectivity index (χ0v) is 17.1. The van der Waals surface area contributed by atoms with Crippen molar-refractivity contribution in [3.8, 4) is 10.9 Å². The number of amides is 1. The first-order valence-corrected chi connectivity index (χ1v) is 10.5.